The molecule has 2 saturated heterocycles. The summed E-state index contributed by atoms with van der Waals surface area (Å²) in [4.78, 5) is 43.2. The Labute approximate surface area is 219 Å². The van der Waals surface area contributed by atoms with E-state index < -0.39 is 29.7 Å². The third-order valence-electron chi connectivity index (χ3n) is 7.49. The second kappa shape index (κ2) is 10.1. The first-order chi connectivity index (χ1) is 17.8. The fraction of sp³-hybridized carbons (Fsp3) is 0.357. The second-order valence-corrected chi connectivity index (χ2v) is 10.0. The number of imide groups is 3. The molecule has 1 aromatic heterocycles. The predicted octanol–water partition coefficient (Wildman–Crippen LogP) is 4.86. The summed E-state index contributed by atoms with van der Waals surface area (Å²) in [6, 6.07) is 10.5. The number of amides is 3. The number of aromatic hydroxyl groups is 1. The number of benzene rings is 1. The molecule has 192 valence electrons. The number of methoxy groups -OCH3 is 1. The zero-order valence-electron chi connectivity index (χ0n) is 20.5. The molecule has 8 nitrogen and oxygen atoms in total. The molecule has 1 aromatic carbocycles. The Bertz CT molecular complexity index is 1320. The van der Waals surface area contributed by atoms with Crippen LogP contribution in [-0.4, -0.2) is 52.7 Å². The Morgan fingerprint density at radius 2 is 2.05 bits per heavy atom. The largest absolute Gasteiger partial charge is 0.508 e. The standard InChI is InChI=1S/C28H27ClN2O6/c1-15-11-19-25(27(34)31(26(19)33)28(35)36-2)20-14-37-23(24(15)20)9-7-17(22-5-3-4-10-30-22)12-16-6-8-18(32)13-21(16)29/h3-6,8,10,12-13,19-20,23,25,32H,7,9,11,14H2,1-2H3/b17-12-/t19-,20+,23-,25-/m1/s1. The third kappa shape index (κ3) is 4.55. The van der Waals surface area contributed by atoms with Crippen molar-refractivity contribution < 1.29 is 29.0 Å². The number of halogens is 1. The lowest BCUT2D eigenvalue weighted by molar-refractivity contribution is -0.137. The highest BCUT2D eigenvalue weighted by molar-refractivity contribution is 6.32. The van der Waals surface area contributed by atoms with Crippen molar-refractivity contribution in [3.05, 3.63) is 70.0 Å². The van der Waals surface area contributed by atoms with Gasteiger partial charge in [-0.1, -0.05) is 23.2 Å². The monoisotopic (exact) mass is 522 g/mol. The number of carbonyl (C=O) groups is 3. The number of hydrogen-bond donors (Lipinski definition) is 1. The number of likely N-dealkylation sites (tertiary alicyclic amines) is 1. The van der Waals surface area contributed by atoms with Crippen LogP contribution in [0.5, 0.6) is 5.75 Å². The topological polar surface area (TPSA) is 106 Å². The molecular formula is C28H27ClN2O6. The minimum atomic E-state index is -0.933. The first kappa shape index (κ1) is 25.2. The number of rotatable bonds is 5. The van der Waals surface area contributed by atoms with Crippen molar-refractivity contribution >= 4 is 41.2 Å². The number of ether oxygens (including phenoxy) is 2. The van der Waals surface area contributed by atoms with Gasteiger partial charge in [-0.15, -0.1) is 0 Å². The van der Waals surface area contributed by atoms with Crippen LogP contribution in [0.1, 0.15) is 37.4 Å². The van der Waals surface area contributed by atoms with Crippen LogP contribution in [0.15, 0.2) is 53.7 Å². The normalized spacial score (nSPS) is 25.4. The fourth-order valence-electron chi connectivity index (χ4n) is 5.83. The summed E-state index contributed by atoms with van der Waals surface area (Å²) in [5.41, 5.74) is 4.61. The molecule has 0 radical (unpaired) electrons. The lowest BCUT2D eigenvalue weighted by Gasteiger charge is -2.30. The van der Waals surface area contributed by atoms with Crippen LogP contribution >= 0.6 is 11.6 Å². The average molecular weight is 523 g/mol. The number of hydrogen-bond acceptors (Lipinski definition) is 7. The van der Waals surface area contributed by atoms with Gasteiger partial charge in [-0.25, -0.2) is 4.79 Å². The first-order valence-corrected chi connectivity index (χ1v) is 12.5. The lowest BCUT2D eigenvalue weighted by Crippen LogP contribution is -2.37. The molecule has 1 N–H and O–H groups in total. The molecule has 0 saturated carbocycles. The van der Waals surface area contributed by atoms with Crippen LogP contribution in [0.2, 0.25) is 5.02 Å². The Morgan fingerprint density at radius 3 is 2.76 bits per heavy atom. The molecule has 3 aliphatic rings. The number of phenolic OH excluding ortho intramolecular Hbond substituents is 1. The summed E-state index contributed by atoms with van der Waals surface area (Å²) in [5, 5.41) is 10.2. The van der Waals surface area contributed by atoms with Gasteiger partial charge in [-0.05, 0) is 79.3 Å². The van der Waals surface area contributed by atoms with Crippen molar-refractivity contribution in [2.24, 2.45) is 17.8 Å². The van der Waals surface area contributed by atoms with E-state index in [1.807, 2.05) is 31.2 Å². The predicted molar refractivity (Wildman–Crippen MR) is 136 cm³/mol. The zero-order valence-corrected chi connectivity index (χ0v) is 21.3. The van der Waals surface area contributed by atoms with Gasteiger partial charge in [0.25, 0.3) is 0 Å². The van der Waals surface area contributed by atoms with Crippen molar-refractivity contribution in [3.63, 3.8) is 0 Å². The van der Waals surface area contributed by atoms with Crippen molar-refractivity contribution in [2.45, 2.75) is 32.3 Å². The summed E-state index contributed by atoms with van der Waals surface area (Å²) in [6.45, 7) is 2.30. The Hall–Kier alpha value is -3.49. The minimum absolute atomic E-state index is 0.0932. The molecule has 2 aliphatic heterocycles. The fourth-order valence-corrected chi connectivity index (χ4v) is 6.06. The number of pyridine rings is 1. The molecule has 37 heavy (non-hydrogen) atoms. The van der Waals surface area contributed by atoms with Crippen LogP contribution in [-0.2, 0) is 19.1 Å². The summed E-state index contributed by atoms with van der Waals surface area (Å²) < 4.78 is 10.9. The molecule has 3 heterocycles. The van der Waals surface area contributed by atoms with Crippen molar-refractivity contribution in [3.8, 4) is 5.75 Å². The molecule has 3 amide bonds. The van der Waals surface area contributed by atoms with E-state index in [1.54, 1.807) is 18.3 Å². The Morgan fingerprint density at radius 1 is 1.24 bits per heavy atom. The smallest absolute Gasteiger partial charge is 0.423 e. The molecule has 2 fully saturated rings. The summed E-state index contributed by atoms with van der Waals surface area (Å²) in [5.74, 6) is -2.33. The average Bonchev–Trinajstić information content (AvgIpc) is 3.42. The second-order valence-electron chi connectivity index (χ2n) is 9.61. The molecule has 5 rings (SSSR count). The van der Waals surface area contributed by atoms with E-state index in [0.29, 0.717) is 35.8 Å². The van der Waals surface area contributed by atoms with Gasteiger partial charge in [0.1, 0.15) is 5.75 Å². The molecule has 1 aliphatic carbocycles. The van der Waals surface area contributed by atoms with Gasteiger partial charge in [-0.3, -0.25) is 14.6 Å². The number of fused-ring (bicyclic) bond motifs is 3. The van der Waals surface area contributed by atoms with Crippen LogP contribution in [0.4, 0.5) is 4.79 Å². The highest BCUT2D eigenvalue weighted by Crippen LogP contribution is 2.50. The molecule has 0 bridgehead atoms. The summed E-state index contributed by atoms with van der Waals surface area (Å²) in [6.07, 6.45) is 4.22. The number of nitrogens with zero attached hydrogens (tertiary/aromatic N) is 2. The SMILES string of the molecule is COC(=O)N1C(=O)[C@@H]2[C@@H](CC(C)=C3[C@@H](CC/C(=C/c4ccc(O)cc4Cl)c4ccccn4)OC[C@@H]32)C1=O. The van der Waals surface area contributed by atoms with E-state index in [2.05, 4.69) is 9.72 Å². The molecular weight excluding hydrogens is 496 g/mol. The maximum Gasteiger partial charge on any atom is 0.423 e. The molecule has 4 atom stereocenters. The molecule has 0 unspecified atom stereocenters. The number of carbonyl (C=O) groups excluding carboxylic acids is 3. The minimum Gasteiger partial charge on any atom is -0.508 e. The van der Waals surface area contributed by atoms with Gasteiger partial charge in [-0.2, -0.15) is 4.90 Å². The third-order valence-corrected chi connectivity index (χ3v) is 7.82. The summed E-state index contributed by atoms with van der Waals surface area (Å²) in [7, 11) is 1.16. The number of aromatic nitrogens is 1. The van der Waals surface area contributed by atoms with E-state index in [4.69, 9.17) is 16.3 Å². The van der Waals surface area contributed by atoms with Crippen molar-refractivity contribution in [2.75, 3.05) is 13.7 Å². The lowest BCUT2D eigenvalue weighted by atomic mass is 9.70. The van der Waals surface area contributed by atoms with Crippen LogP contribution in [0.25, 0.3) is 11.6 Å². The van der Waals surface area contributed by atoms with Gasteiger partial charge >= 0.3 is 6.09 Å². The van der Waals surface area contributed by atoms with E-state index in [1.165, 1.54) is 6.07 Å². The summed E-state index contributed by atoms with van der Waals surface area (Å²) >= 11 is 6.37. The van der Waals surface area contributed by atoms with Gasteiger partial charge in [0, 0.05) is 12.1 Å². The molecule has 2 aromatic rings. The van der Waals surface area contributed by atoms with E-state index in [0.717, 1.165) is 35.1 Å². The van der Waals surface area contributed by atoms with E-state index in [9.17, 15) is 19.5 Å². The van der Waals surface area contributed by atoms with Crippen LogP contribution < -0.4 is 0 Å². The zero-order chi connectivity index (χ0) is 26.3. The number of allylic oxidation sites excluding steroid dienone is 2. The number of phenols is 1. The Balaban J connectivity index is 1.40. The van der Waals surface area contributed by atoms with Gasteiger partial charge in [0.05, 0.1) is 42.4 Å². The van der Waals surface area contributed by atoms with Crippen molar-refractivity contribution in [1.29, 1.82) is 0 Å². The quantitative estimate of drug-likeness (QED) is 0.441. The van der Waals surface area contributed by atoms with Crippen LogP contribution in [0.3, 0.4) is 0 Å². The molecule has 9 heteroatoms. The highest BCUT2D eigenvalue weighted by Gasteiger charge is 2.58. The maximum absolute atomic E-state index is 13.1. The van der Waals surface area contributed by atoms with Crippen molar-refractivity contribution in [1.82, 2.24) is 9.88 Å². The molecule has 0 spiro atoms. The Kier molecular flexibility index (Phi) is 6.88. The van der Waals surface area contributed by atoms with Crippen LogP contribution in [0, 0.1) is 17.8 Å². The first-order valence-electron chi connectivity index (χ1n) is 12.2. The maximum atomic E-state index is 13.1. The van der Waals surface area contributed by atoms with Gasteiger partial charge < -0.3 is 14.6 Å². The highest BCUT2D eigenvalue weighted by atomic mass is 35.5. The van der Waals surface area contributed by atoms with E-state index in [-0.39, 0.29) is 17.8 Å². The van der Waals surface area contributed by atoms with Gasteiger partial charge in [0.15, 0.2) is 0 Å². The van der Waals surface area contributed by atoms with Gasteiger partial charge in [0.2, 0.25) is 11.8 Å². The van der Waals surface area contributed by atoms with E-state index >= 15 is 0 Å².